The molecule has 2 heterocycles. The van der Waals surface area contributed by atoms with Crippen molar-refractivity contribution in [1.29, 1.82) is 0 Å². The topological polar surface area (TPSA) is 39.1 Å². The molecule has 0 bridgehead atoms. The summed E-state index contributed by atoms with van der Waals surface area (Å²) in [4.78, 5) is 23.3. The molecule has 90 valence electrons. The summed E-state index contributed by atoms with van der Waals surface area (Å²) in [6.45, 7) is 0. The fraction of sp³-hybridized carbons (Fsp3) is 0. The third kappa shape index (κ3) is 1.32. The SMILES string of the molecule is O=C1C=Cn2c(cc3cc4ccccc4cc32)C1=O. The van der Waals surface area contributed by atoms with Gasteiger partial charge in [0.1, 0.15) is 0 Å². The van der Waals surface area contributed by atoms with Gasteiger partial charge in [-0.1, -0.05) is 24.3 Å². The minimum atomic E-state index is -0.458. The summed E-state index contributed by atoms with van der Waals surface area (Å²) < 4.78 is 1.78. The lowest BCUT2D eigenvalue weighted by Crippen LogP contribution is -2.18. The van der Waals surface area contributed by atoms with Crippen LogP contribution in [0, 0.1) is 0 Å². The first kappa shape index (κ1) is 10.3. The fourth-order valence-electron chi connectivity index (χ4n) is 2.60. The van der Waals surface area contributed by atoms with Gasteiger partial charge in [0.05, 0.1) is 11.2 Å². The van der Waals surface area contributed by atoms with Gasteiger partial charge in [-0.15, -0.1) is 0 Å². The van der Waals surface area contributed by atoms with E-state index in [0.29, 0.717) is 5.69 Å². The molecule has 1 aliphatic heterocycles. The molecule has 0 aliphatic carbocycles. The van der Waals surface area contributed by atoms with Crippen LogP contribution in [0.5, 0.6) is 0 Å². The summed E-state index contributed by atoms with van der Waals surface area (Å²) in [5, 5.41) is 3.22. The maximum absolute atomic E-state index is 11.9. The molecular formula is C16H9NO2. The Balaban J connectivity index is 2.15. The number of carbonyl (C=O) groups excluding carboxylic acids is 2. The van der Waals surface area contributed by atoms with E-state index in [1.54, 1.807) is 16.8 Å². The maximum Gasteiger partial charge on any atom is 0.249 e. The lowest BCUT2D eigenvalue weighted by molar-refractivity contribution is -0.111. The largest absolute Gasteiger partial charge is 0.313 e. The van der Waals surface area contributed by atoms with Crippen LogP contribution in [-0.4, -0.2) is 16.1 Å². The Morgan fingerprint density at radius 3 is 2.37 bits per heavy atom. The number of fused-ring (bicyclic) bond motifs is 4. The highest BCUT2D eigenvalue weighted by Gasteiger charge is 2.23. The monoisotopic (exact) mass is 247 g/mol. The van der Waals surface area contributed by atoms with Crippen molar-refractivity contribution in [2.24, 2.45) is 0 Å². The number of benzene rings is 2. The molecule has 19 heavy (non-hydrogen) atoms. The van der Waals surface area contributed by atoms with Crippen LogP contribution >= 0.6 is 0 Å². The predicted octanol–water partition coefficient (Wildman–Crippen LogP) is 3.03. The summed E-state index contributed by atoms with van der Waals surface area (Å²) in [7, 11) is 0. The number of allylic oxidation sites excluding steroid dienone is 1. The van der Waals surface area contributed by atoms with Crippen molar-refractivity contribution < 1.29 is 9.59 Å². The Morgan fingerprint density at radius 2 is 1.58 bits per heavy atom. The van der Waals surface area contributed by atoms with Gasteiger partial charge in [0, 0.05) is 17.7 Å². The molecule has 3 aromatic rings. The van der Waals surface area contributed by atoms with E-state index in [9.17, 15) is 9.59 Å². The van der Waals surface area contributed by atoms with E-state index in [-0.39, 0.29) is 0 Å². The number of ketones is 2. The Bertz CT molecular complexity index is 900. The molecule has 0 unspecified atom stereocenters. The second kappa shape index (κ2) is 3.42. The van der Waals surface area contributed by atoms with Crippen molar-refractivity contribution in [1.82, 2.24) is 4.57 Å². The smallest absolute Gasteiger partial charge is 0.249 e. The second-order valence-corrected chi connectivity index (χ2v) is 4.67. The van der Waals surface area contributed by atoms with Gasteiger partial charge in [-0.25, -0.2) is 0 Å². The lowest BCUT2D eigenvalue weighted by atomic mass is 10.1. The van der Waals surface area contributed by atoms with Crippen LogP contribution in [0.2, 0.25) is 0 Å². The highest BCUT2D eigenvalue weighted by molar-refractivity contribution is 6.49. The van der Waals surface area contributed by atoms with Gasteiger partial charge in [-0.05, 0) is 29.0 Å². The van der Waals surface area contributed by atoms with E-state index >= 15 is 0 Å². The van der Waals surface area contributed by atoms with E-state index in [1.165, 1.54) is 6.08 Å². The molecule has 2 aromatic carbocycles. The van der Waals surface area contributed by atoms with Crippen molar-refractivity contribution >= 4 is 39.4 Å². The molecule has 3 nitrogen and oxygen atoms in total. The van der Waals surface area contributed by atoms with Gasteiger partial charge in [0.25, 0.3) is 0 Å². The number of hydrogen-bond donors (Lipinski definition) is 0. The third-order valence-corrected chi connectivity index (χ3v) is 3.54. The van der Waals surface area contributed by atoms with Gasteiger partial charge in [0.2, 0.25) is 11.6 Å². The first-order valence-electron chi connectivity index (χ1n) is 6.05. The third-order valence-electron chi connectivity index (χ3n) is 3.54. The average molecular weight is 247 g/mol. The molecule has 3 heteroatoms. The van der Waals surface area contributed by atoms with Crippen LogP contribution in [0.15, 0.2) is 48.5 Å². The number of carbonyl (C=O) groups is 2. The van der Waals surface area contributed by atoms with Crippen molar-refractivity contribution in [3.8, 4) is 0 Å². The van der Waals surface area contributed by atoms with Gasteiger partial charge >= 0.3 is 0 Å². The predicted molar refractivity (Wildman–Crippen MR) is 74.1 cm³/mol. The Hall–Kier alpha value is -2.68. The Kier molecular flexibility index (Phi) is 1.85. The number of hydrogen-bond acceptors (Lipinski definition) is 2. The maximum atomic E-state index is 11.9. The molecular weight excluding hydrogens is 238 g/mol. The number of nitrogens with zero attached hydrogens (tertiary/aromatic N) is 1. The molecule has 0 atom stereocenters. The van der Waals surface area contributed by atoms with E-state index in [1.807, 2.05) is 36.4 Å². The standard InChI is InChI=1S/C16H9NO2/c18-15-5-6-17-13-8-11-4-2-1-3-10(11)7-12(13)9-14(17)16(15)19/h1-9H. The summed E-state index contributed by atoms with van der Waals surface area (Å²) in [5.74, 6) is -0.900. The zero-order valence-electron chi connectivity index (χ0n) is 9.96. The zero-order valence-corrected chi connectivity index (χ0v) is 9.96. The molecule has 0 amide bonds. The first-order chi connectivity index (χ1) is 9.24. The van der Waals surface area contributed by atoms with E-state index in [4.69, 9.17) is 0 Å². The van der Waals surface area contributed by atoms with E-state index in [2.05, 4.69) is 0 Å². The van der Waals surface area contributed by atoms with Crippen molar-refractivity contribution in [2.45, 2.75) is 0 Å². The molecule has 1 aliphatic rings. The Labute approximate surface area is 108 Å². The Morgan fingerprint density at radius 1 is 0.842 bits per heavy atom. The van der Waals surface area contributed by atoms with Gasteiger partial charge in [0.15, 0.2) is 0 Å². The summed E-state index contributed by atoms with van der Waals surface area (Å²) in [6, 6.07) is 13.9. The number of Topliss-reactive ketones (excluding diaryl/α,β-unsaturated/α-hetero) is 1. The van der Waals surface area contributed by atoms with Crippen LogP contribution in [0.25, 0.3) is 27.9 Å². The van der Waals surface area contributed by atoms with Crippen LogP contribution in [-0.2, 0) is 4.79 Å². The minimum absolute atomic E-state index is 0.442. The lowest BCUT2D eigenvalue weighted by Gasteiger charge is -2.07. The highest BCUT2D eigenvalue weighted by Crippen LogP contribution is 2.28. The quantitative estimate of drug-likeness (QED) is 0.573. The molecule has 0 saturated heterocycles. The molecule has 0 spiro atoms. The zero-order chi connectivity index (χ0) is 13.0. The normalized spacial score (nSPS) is 14.3. The molecule has 4 rings (SSSR count). The molecule has 1 aromatic heterocycles. The summed E-state index contributed by atoms with van der Waals surface area (Å²) in [6.07, 6.45) is 2.99. The minimum Gasteiger partial charge on any atom is -0.313 e. The van der Waals surface area contributed by atoms with Gasteiger partial charge in [-0.2, -0.15) is 0 Å². The number of aromatic nitrogens is 1. The van der Waals surface area contributed by atoms with E-state index in [0.717, 1.165) is 21.7 Å². The van der Waals surface area contributed by atoms with Crippen LogP contribution in [0.4, 0.5) is 0 Å². The molecule has 0 saturated carbocycles. The highest BCUT2D eigenvalue weighted by atomic mass is 16.2. The second-order valence-electron chi connectivity index (χ2n) is 4.67. The van der Waals surface area contributed by atoms with Crippen molar-refractivity contribution in [2.75, 3.05) is 0 Å². The van der Waals surface area contributed by atoms with Crippen molar-refractivity contribution in [3.63, 3.8) is 0 Å². The van der Waals surface area contributed by atoms with Crippen LogP contribution in [0.1, 0.15) is 10.5 Å². The molecule has 0 N–H and O–H groups in total. The van der Waals surface area contributed by atoms with Gasteiger partial charge < -0.3 is 4.57 Å². The van der Waals surface area contributed by atoms with Crippen LogP contribution in [0.3, 0.4) is 0 Å². The van der Waals surface area contributed by atoms with E-state index < -0.39 is 11.6 Å². The fourth-order valence-corrected chi connectivity index (χ4v) is 2.60. The molecule has 0 radical (unpaired) electrons. The van der Waals surface area contributed by atoms with Crippen molar-refractivity contribution in [3.05, 3.63) is 54.2 Å². The van der Waals surface area contributed by atoms with Gasteiger partial charge in [-0.3, -0.25) is 9.59 Å². The summed E-state index contributed by atoms with van der Waals surface area (Å²) in [5.41, 5.74) is 1.39. The molecule has 0 fully saturated rings. The first-order valence-corrected chi connectivity index (χ1v) is 6.05. The number of rotatable bonds is 0. The summed E-state index contributed by atoms with van der Waals surface area (Å²) >= 11 is 0. The van der Waals surface area contributed by atoms with Crippen LogP contribution < -0.4 is 0 Å². The average Bonchev–Trinajstić information content (AvgIpc) is 2.79.